The van der Waals surface area contributed by atoms with Crippen molar-refractivity contribution in [2.24, 2.45) is 0 Å². The number of imidazole rings is 1. The van der Waals surface area contributed by atoms with Crippen LogP contribution in [0.5, 0.6) is 0 Å². The Balaban J connectivity index is 1.61. The number of para-hydroxylation sites is 2. The average molecular weight is 391 g/mol. The second-order valence-electron chi connectivity index (χ2n) is 5.93. The van der Waals surface area contributed by atoms with Gasteiger partial charge in [-0.15, -0.1) is 0 Å². The van der Waals surface area contributed by atoms with Gasteiger partial charge < -0.3 is 14.6 Å². The molecule has 6 nitrogen and oxygen atoms in total. The van der Waals surface area contributed by atoms with Crippen LogP contribution in [0.25, 0.3) is 11.0 Å². The second kappa shape index (κ2) is 8.12. The van der Waals surface area contributed by atoms with E-state index in [2.05, 4.69) is 10.3 Å². The SMILES string of the molecule is O=C(Cn1c(C(F)(F)F)nc2ccccc21)NCC(=O)OCc1ccccc1. The van der Waals surface area contributed by atoms with E-state index in [0.29, 0.717) is 0 Å². The van der Waals surface area contributed by atoms with Gasteiger partial charge >= 0.3 is 12.1 Å². The zero-order chi connectivity index (χ0) is 20.1. The third kappa shape index (κ3) is 4.67. The minimum absolute atomic E-state index is 0.0416. The highest BCUT2D eigenvalue weighted by Gasteiger charge is 2.38. The topological polar surface area (TPSA) is 73.2 Å². The summed E-state index contributed by atoms with van der Waals surface area (Å²) >= 11 is 0. The molecule has 0 aliphatic carbocycles. The Bertz CT molecular complexity index is 984. The van der Waals surface area contributed by atoms with E-state index in [0.717, 1.165) is 10.1 Å². The first-order chi connectivity index (χ1) is 13.3. The predicted molar refractivity (Wildman–Crippen MR) is 94.0 cm³/mol. The maximum atomic E-state index is 13.2. The van der Waals surface area contributed by atoms with Crippen molar-refractivity contribution in [2.75, 3.05) is 6.54 Å². The van der Waals surface area contributed by atoms with E-state index in [1.165, 1.54) is 12.1 Å². The van der Waals surface area contributed by atoms with Crippen molar-refractivity contribution in [3.8, 4) is 0 Å². The van der Waals surface area contributed by atoms with Crippen LogP contribution in [0.2, 0.25) is 0 Å². The van der Waals surface area contributed by atoms with Crippen molar-refractivity contribution in [3.63, 3.8) is 0 Å². The fourth-order valence-electron chi connectivity index (χ4n) is 2.61. The monoisotopic (exact) mass is 391 g/mol. The number of aromatic nitrogens is 2. The van der Waals surface area contributed by atoms with Crippen LogP contribution < -0.4 is 5.32 Å². The third-order valence-electron chi connectivity index (χ3n) is 3.88. The number of nitrogens with zero attached hydrogens (tertiary/aromatic N) is 2. The predicted octanol–water partition coefficient (Wildman–Crippen LogP) is 2.91. The fraction of sp³-hybridized carbons (Fsp3) is 0.211. The Labute approximate surface area is 157 Å². The summed E-state index contributed by atoms with van der Waals surface area (Å²) in [6, 6.07) is 14.9. The molecule has 28 heavy (non-hydrogen) atoms. The molecule has 0 aliphatic rings. The molecule has 1 aromatic heterocycles. The number of fused-ring (bicyclic) bond motifs is 1. The molecule has 1 heterocycles. The minimum atomic E-state index is -4.71. The lowest BCUT2D eigenvalue weighted by molar-refractivity contribution is -0.148. The van der Waals surface area contributed by atoms with Crippen LogP contribution in [-0.4, -0.2) is 28.0 Å². The van der Waals surface area contributed by atoms with Crippen molar-refractivity contribution in [1.82, 2.24) is 14.9 Å². The van der Waals surface area contributed by atoms with Gasteiger partial charge in [0.2, 0.25) is 11.7 Å². The van der Waals surface area contributed by atoms with E-state index in [4.69, 9.17) is 4.74 Å². The number of ether oxygens (including phenoxy) is 1. The van der Waals surface area contributed by atoms with Crippen LogP contribution in [0.1, 0.15) is 11.4 Å². The summed E-state index contributed by atoms with van der Waals surface area (Å²) in [7, 11) is 0. The van der Waals surface area contributed by atoms with Crippen LogP contribution in [0.4, 0.5) is 13.2 Å². The lowest BCUT2D eigenvalue weighted by Gasteiger charge is -2.11. The summed E-state index contributed by atoms with van der Waals surface area (Å²) in [5.74, 6) is -2.62. The van der Waals surface area contributed by atoms with Gasteiger partial charge in [0.15, 0.2) is 0 Å². The normalized spacial score (nSPS) is 11.4. The van der Waals surface area contributed by atoms with Crippen LogP contribution in [0.3, 0.4) is 0 Å². The van der Waals surface area contributed by atoms with Gasteiger partial charge in [-0.2, -0.15) is 13.2 Å². The number of rotatable bonds is 6. The zero-order valence-electron chi connectivity index (χ0n) is 14.6. The lowest BCUT2D eigenvalue weighted by Crippen LogP contribution is -2.34. The molecule has 3 aromatic rings. The van der Waals surface area contributed by atoms with Gasteiger partial charge in [0.05, 0.1) is 11.0 Å². The number of halogens is 3. The van der Waals surface area contributed by atoms with Gasteiger partial charge in [-0.05, 0) is 17.7 Å². The number of benzene rings is 2. The molecular formula is C19H16F3N3O3. The highest BCUT2D eigenvalue weighted by atomic mass is 19.4. The number of alkyl halides is 3. The summed E-state index contributed by atoms with van der Waals surface area (Å²) in [4.78, 5) is 27.4. The molecule has 3 rings (SSSR count). The van der Waals surface area contributed by atoms with Gasteiger partial charge in [0.1, 0.15) is 19.7 Å². The molecule has 0 saturated heterocycles. The van der Waals surface area contributed by atoms with Crippen molar-refractivity contribution in [2.45, 2.75) is 19.3 Å². The molecule has 0 unspecified atom stereocenters. The van der Waals surface area contributed by atoms with E-state index >= 15 is 0 Å². The first kappa shape index (κ1) is 19.4. The lowest BCUT2D eigenvalue weighted by atomic mass is 10.2. The summed E-state index contributed by atoms with van der Waals surface area (Å²) in [5.41, 5.74) is 1.09. The summed E-state index contributed by atoms with van der Waals surface area (Å²) in [6.45, 7) is -1.03. The molecule has 2 aromatic carbocycles. The minimum Gasteiger partial charge on any atom is -0.460 e. The molecule has 0 bridgehead atoms. The van der Waals surface area contributed by atoms with E-state index in [-0.39, 0.29) is 17.6 Å². The molecule has 0 radical (unpaired) electrons. The Kier molecular flexibility index (Phi) is 5.62. The van der Waals surface area contributed by atoms with Gasteiger partial charge in [0.25, 0.3) is 0 Å². The summed E-state index contributed by atoms with van der Waals surface area (Å²) in [5, 5.41) is 2.27. The quantitative estimate of drug-likeness (QED) is 0.656. The number of carbonyl (C=O) groups is 2. The Hall–Kier alpha value is -3.36. The number of carbonyl (C=O) groups excluding carboxylic acids is 2. The molecule has 0 spiro atoms. The zero-order valence-corrected chi connectivity index (χ0v) is 14.6. The Morgan fingerprint density at radius 3 is 2.43 bits per heavy atom. The smallest absolute Gasteiger partial charge is 0.449 e. The molecule has 0 fully saturated rings. The Morgan fingerprint density at radius 2 is 1.71 bits per heavy atom. The van der Waals surface area contributed by atoms with Gasteiger partial charge in [-0.3, -0.25) is 9.59 Å². The molecule has 0 saturated carbocycles. The molecule has 9 heteroatoms. The highest BCUT2D eigenvalue weighted by Crippen LogP contribution is 2.31. The van der Waals surface area contributed by atoms with Gasteiger partial charge in [0, 0.05) is 0 Å². The van der Waals surface area contributed by atoms with E-state index in [9.17, 15) is 22.8 Å². The Morgan fingerprint density at radius 1 is 1.04 bits per heavy atom. The molecule has 1 N–H and O–H groups in total. The molecule has 0 atom stereocenters. The number of amides is 1. The standard InChI is InChI=1S/C19H16F3N3O3/c20-19(21,22)18-24-14-8-4-5-9-15(14)25(18)11-16(26)23-10-17(27)28-12-13-6-2-1-3-7-13/h1-9H,10-12H2,(H,23,26). The van der Waals surface area contributed by atoms with Gasteiger partial charge in [-0.1, -0.05) is 42.5 Å². The first-order valence-corrected chi connectivity index (χ1v) is 8.33. The summed E-state index contributed by atoms with van der Waals surface area (Å²) < 4.78 is 45.5. The van der Waals surface area contributed by atoms with Crippen LogP contribution in [0, 0.1) is 0 Å². The largest absolute Gasteiger partial charge is 0.460 e. The molecule has 0 aliphatic heterocycles. The van der Waals surface area contributed by atoms with Crippen LogP contribution in [-0.2, 0) is 33.7 Å². The number of hydrogen-bond acceptors (Lipinski definition) is 4. The number of hydrogen-bond donors (Lipinski definition) is 1. The van der Waals surface area contributed by atoms with Crippen LogP contribution in [0.15, 0.2) is 54.6 Å². The maximum Gasteiger partial charge on any atom is 0.449 e. The van der Waals surface area contributed by atoms with Crippen molar-refractivity contribution < 1.29 is 27.5 Å². The van der Waals surface area contributed by atoms with Crippen LogP contribution >= 0.6 is 0 Å². The molecular weight excluding hydrogens is 375 g/mol. The van der Waals surface area contributed by atoms with Gasteiger partial charge in [-0.25, -0.2) is 4.98 Å². The average Bonchev–Trinajstić information content (AvgIpc) is 3.04. The third-order valence-corrected chi connectivity index (χ3v) is 3.88. The van der Waals surface area contributed by atoms with E-state index < -0.39 is 37.0 Å². The molecule has 1 amide bonds. The number of nitrogens with one attached hydrogen (secondary N) is 1. The van der Waals surface area contributed by atoms with Crippen molar-refractivity contribution >= 4 is 22.9 Å². The number of esters is 1. The van der Waals surface area contributed by atoms with Crippen molar-refractivity contribution in [3.05, 3.63) is 66.0 Å². The molecule has 146 valence electrons. The van der Waals surface area contributed by atoms with Crippen molar-refractivity contribution in [1.29, 1.82) is 0 Å². The first-order valence-electron chi connectivity index (χ1n) is 8.33. The van der Waals surface area contributed by atoms with E-state index in [1.54, 1.807) is 36.4 Å². The maximum absolute atomic E-state index is 13.2. The summed E-state index contributed by atoms with van der Waals surface area (Å²) in [6.07, 6.45) is -4.71. The van der Waals surface area contributed by atoms with E-state index in [1.807, 2.05) is 6.07 Å². The second-order valence-corrected chi connectivity index (χ2v) is 5.93. The fourth-order valence-corrected chi connectivity index (χ4v) is 2.61. The highest BCUT2D eigenvalue weighted by molar-refractivity contribution is 5.84.